The van der Waals surface area contributed by atoms with Crippen molar-refractivity contribution in [2.45, 2.75) is 78.8 Å². The molecule has 2 atom stereocenters. The minimum atomic E-state index is -2.22. The molecular formula is C14H30O5P+. The fraction of sp³-hybridized carbons (Fsp3) is 1.00. The molecule has 0 radical (unpaired) electrons. The van der Waals surface area contributed by atoms with Crippen molar-refractivity contribution in [3.8, 4) is 0 Å². The molecule has 0 fully saturated rings. The summed E-state index contributed by atoms with van der Waals surface area (Å²) in [5.74, 6) is 0. The molecule has 0 aromatic rings. The lowest BCUT2D eigenvalue weighted by Crippen LogP contribution is -2.18. The van der Waals surface area contributed by atoms with Crippen LogP contribution in [0.3, 0.4) is 0 Å². The van der Waals surface area contributed by atoms with E-state index in [0.717, 1.165) is 38.5 Å². The first-order valence-corrected chi connectivity index (χ1v) is 8.81. The molecule has 0 aromatic heterocycles. The SMILES string of the molecule is CCCCC(OCC)O[P+](=O)OC(CCCC)OCC. The summed E-state index contributed by atoms with van der Waals surface area (Å²) >= 11 is 0. The van der Waals surface area contributed by atoms with Gasteiger partial charge in [-0.05, 0) is 26.7 Å². The average molecular weight is 309 g/mol. The summed E-state index contributed by atoms with van der Waals surface area (Å²) in [6, 6.07) is 0. The van der Waals surface area contributed by atoms with Gasteiger partial charge in [-0.25, -0.2) is 0 Å². The van der Waals surface area contributed by atoms with Crippen LogP contribution in [0.1, 0.15) is 66.2 Å². The molecule has 0 rings (SSSR count). The van der Waals surface area contributed by atoms with Gasteiger partial charge in [-0.3, -0.25) is 0 Å². The first-order chi connectivity index (χ1) is 9.67. The molecule has 0 heterocycles. The van der Waals surface area contributed by atoms with Gasteiger partial charge in [-0.1, -0.05) is 35.7 Å². The fourth-order valence-electron chi connectivity index (χ4n) is 1.66. The second-order valence-corrected chi connectivity index (χ2v) is 5.36. The lowest BCUT2D eigenvalue weighted by atomic mass is 10.2. The Balaban J connectivity index is 4.16. The summed E-state index contributed by atoms with van der Waals surface area (Å²) in [5, 5.41) is 0. The zero-order valence-electron chi connectivity index (χ0n) is 13.3. The molecule has 0 bridgehead atoms. The van der Waals surface area contributed by atoms with E-state index >= 15 is 0 Å². The largest absolute Gasteiger partial charge is 0.702 e. The van der Waals surface area contributed by atoms with Crippen molar-refractivity contribution in [3.05, 3.63) is 0 Å². The van der Waals surface area contributed by atoms with Gasteiger partial charge in [0, 0.05) is 30.6 Å². The Morgan fingerprint density at radius 3 is 1.50 bits per heavy atom. The van der Waals surface area contributed by atoms with Crippen LogP contribution in [0.5, 0.6) is 0 Å². The van der Waals surface area contributed by atoms with Crippen molar-refractivity contribution in [1.82, 2.24) is 0 Å². The van der Waals surface area contributed by atoms with Crippen LogP contribution in [0.2, 0.25) is 0 Å². The molecule has 2 unspecified atom stereocenters. The van der Waals surface area contributed by atoms with E-state index in [2.05, 4.69) is 13.8 Å². The lowest BCUT2D eigenvalue weighted by Gasteiger charge is -2.12. The highest BCUT2D eigenvalue weighted by Crippen LogP contribution is 2.31. The van der Waals surface area contributed by atoms with Crippen LogP contribution in [0.15, 0.2) is 0 Å². The van der Waals surface area contributed by atoms with Crippen LogP contribution in [0, 0.1) is 0 Å². The maximum atomic E-state index is 11.9. The molecule has 0 saturated carbocycles. The van der Waals surface area contributed by atoms with E-state index in [1.165, 1.54) is 0 Å². The number of ether oxygens (including phenoxy) is 2. The highest BCUT2D eigenvalue weighted by Gasteiger charge is 2.32. The van der Waals surface area contributed by atoms with Crippen molar-refractivity contribution < 1.29 is 23.1 Å². The zero-order valence-corrected chi connectivity index (χ0v) is 14.2. The topological polar surface area (TPSA) is 54.0 Å². The van der Waals surface area contributed by atoms with Gasteiger partial charge in [-0.2, -0.15) is 0 Å². The highest BCUT2D eigenvalue weighted by atomic mass is 31.1. The van der Waals surface area contributed by atoms with Crippen LogP contribution < -0.4 is 0 Å². The molecule has 0 aliphatic carbocycles. The predicted molar refractivity (Wildman–Crippen MR) is 79.7 cm³/mol. The summed E-state index contributed by atoms with van der Waals surface area (Å²) in [7, 11) is -2.22. The minimum Gasteiger partial charge on any atom is -0.349 e. The summed E-state index contributed by atoms with van der Waals surface area (Å²) in [4.78, 5) is 0. The molecular weight excluding hydrogens is 279 g/mol. The van der Waals surface area contributed by atoms with E-state index in [1.54, 1.807) is 0 Å². The number of rotatable bonds is 14. The van der Waals surface area contributed by atoms with Crippen molar-refractivity contribution in [1.29, 1.82) is 0 Å². The van der Waals surface area contributed by atoms with E-state index in [-0.39, 0.29) is 0 Å². The Labute approximate surface area is 124 Å². The summed E-state index contributed by atoms with van der Waals surface area (Å²) in [6.07, 6.45) is 4.56. The smallest absolute Gasteiger partial charge is 0.349 e. The van der Waals surface area contributed by atoms with E-state index in [4.69, 9.17) is 18.5 Å². The van der Waals surface area contributed by atoms with E-state index in [1.807, 2.05) is 13.8 Å². The van der Waals surface area contributed by atoms with Gasteiger partial charge in [0.05, 0.1) is 0 Å². The third kappa shape index (κ3) is 10.7. The Morgan fingerprint density at radius 1 is 0.800 bits per heavy atom. The van der Waals surface area contributed by atoms with E-state index < -0.39 is 20.8 Å². The standard InChI is InChI=1S/C14H30O5P/c1-5-9-11-13(16-7-3)18-20(15)19-14(17-8-4)12-10-6-2/h13-14H,5-12H2,1-4H3/q+1. The fourth-order valence-corrected chi connectivity index (χ4v) is 2.43. The third-order valence-electron chi connectivity index (χ3n) is 2.70. The first-order valence-electron chi connectivity index (χ1n) is 7.71. The van der Waals surface area contributed by atoms with Crippen molar-refractivity contribution in [2.24, 2.45) is 0 Å². The van der Waals surface area contributed by atoms with Gasteiger partial charge < -0.3 is 9.47 Å². The number of hydrogen-bond donors (Lipinski definition) is 0. The predicted octanol–water partition coefficient (Wildman–Crippen LogP) is 4.78. The molecule has 20 heavy (non-hydrogen) atoms. The molecule has 0 aliphatic rings. The summed E-state index contributed by atoms with van der Waals surface area (Å²) < 4.78 is 33.4. The third-order valence-corrected chi connectivity index (χ3v) is 3.51. The maximum absolute atomic E-state index is 11.9. The highest BCUT2D eigenvalue weighted by molar-refractivity contribution is 7.33. The Kier molecular flexibility index (Phi) is 13.9. The zero-order chi connectivity index (χ0) is 15.2. The molecule has 0 saturated heterocycles. The van der Waals surface area contributed by atoms with Crippen molar-refractivity contribution in [3.63, 3.8) is 0 Å². The van der Waals surface area contributed by atoms with Gasteiger partial charge in [-0.15, -0.1) is 0 Å². The van der Waals surface area contributed by atoms with Gasteiger partial charge in [0.25, 0.3) is 0 Å². The normalized spacial score (nSPS) is 15.1. The van der Waals surface area contributed by atoms with Crippen LogP contribution in [0.4, 0.5) is 0 Å². The number of unbranched alkanes of at least 4 members (excludes halogenated alkanes) is 2. The van der Waals surface area contributed by atoms with Crippen molar-refractivity contribution >= 4 is 8.25 Å². The van der Waals surface area contributed by atoms with Gasteiger partial charge in [0.15, 0.2) is 0 Å². The molecule has 0 aliphatic heterocycles. The van der Waals surface area contributed by atoms with Gasteiger partial charge in [0.1, 0.15) is 0 Å². The Hall–Kier alpha value is -0.0600. The Morgan fingerprint density at radius 2 is 1.20 bits per heavy atom. The second-order valence-electron chi connectivity index (χ2n) is 4.49. The van der Waals surface area contributed by atoms with Gasteiger partial charge >= 0.3 is 8.25 Å². The van der Waals surface area contributed by atoms with Crippen LogP contribution in [-0.2, 0) is 23.1 Å². The van der Waals surface area contributed by atoms with Crippen LogP contribution in [-0.4, -0.2) is 25.8 Å². The second kappa shape index (κ2) is 13.9. The molecule has 5 nitrogen and oxygen atoms in total. The minimum absolute atomic E-state index is 0.461. The lowest BCUT2D eigenvalue weighted by molar-refractivity contribution is -0.113. The van der Waals surface area contributed by atoms with Gasteiger partial charge in [0.2, 0.25) is 12.6 Å². The molecule has 6 heteroatoms. The number of hydrogen-bond acceptors (Lipinski definition) is 5. The van der Waals surface area contributed by atoms with E-state index in [0.29, 0.717) is 13.2 Å². The molecule has 0 spiro atoms. The van der Waals surface area contributed by atoms with Crippen molar-refractivity contribution in [2.75, 3.05) is 13.2 Å². The quantitative estimate of drug-likeness (QED) is 0.341. The summed E-state index contributed by atoms with van der Waals surface area (Å²) in [6.45, 7) is 9.02. The monoisotopic (exact) mass is 309 g/mol. The maximum Gasteiger partial charge on any atom is 0.702 e. The van der Waals surface area contributed by atoms with Crippen LogP contribution in [0.25, 0.3) is 0 Å². The molecule has 0 aromatic carbocycles. The van der Waals surface area contributed by atoms with E-state index in [9.17, 15) is 4.57 Å². The molecule has 0 N–H and O–H groups in total. The first kappa shape index (κ1) is 19.9. The Bertz CT molecular complexity index is 216. The van der Waals surface area contributed by atoms with Crippen LogP contribution >= 0.6 is 8.25 Å². The summed E-state index contributed by atoms with van der Waals surface area (Å²) in [5.41, 5.74) is 0. The average Bonchev–Trinajstić information content (AvgIpc) is 2.42. The molecule has 0 amide bonds. The molecule has 120 valence electrons.